The number of aliphatic hydroxyl groups excluding tert-OH is 2. The lowest BCUT2D eigenvalue weighted by Gasteiger charge is -2.18. The van der Waals surface area contributed by atoms with E-state index in [1.165, 1.54) is 38.5 Å². The maximum Gasteiger partial charge on any atom is 0.331 e. The lowest BCUT2D eigenvalue weighted by molar-refractivity contribution is -0.167. The molecule has 0 saturated carbocycles. The van der Waals surface area contributed by atoms with Gasteiger partial charge in [-0.15, -0.1) is 0 Å². The summed E-state index contributed by atoms with van der Waals surface area (Å²) in [5.74, 6) is -2.96. The number of hydrogen-bond donors (Lipinski definition) is 3. The van der Waals surface area contributed by atoms with Gasteiger partial charge in [0.1, 0.15) is 19.3 Å². The third-order valence-corrected chi connectivity index (χ3v) is 12.9. The first kappa shape index (κ1) is 69.2. The second-order valence-electron chi connectivity index (χ2n) is 20.1. The zero-order chi connectivity index (χ0) is 53.7. The fourth-order valence-corrected chi connectivity index (χ4v) is 8.39. The summed E-state index contributed by atoms with van der Waals surface area (Å²) < 4.78 is 22.3. The molecule has 0 rings (SSSR count). The molecular weight excluding hydrogens is 925 g/mol. The second kappa shape index (κ2) is 53.1. The molecule has 0 spiro atoms. The molecule has 3 N–H and O–H groups in total. The summed E-state index contributed by atoms with van der Waals surface area (Å²) in [5.41, 5.74) is 0. The van der Waals surface area contributed by atoms with E-state index in [0.29, 0.717) is 32.1 Å². The Morgan fingerprint density at radius 2 is 0.753 bits per heavy atom. The number of allylic oxidation sites excluding steroid dienone is 3. The molecule has 12 heteroatoms. The molecule has 4 unspecified atom stereocenters. The van der Waals surface area contributed by atoms with Gasteiger partial charge in [-0.1, -0.05) is 186 Å². The smallest absolute Gasteiger partial charge is 0.331 e. The molecule has 12 nitrogen and oxygen atoms in total. The zero-order valence-electron chi connectivity index (χ0n) is 46.4. The Morgan fingerprint density at radius 3 is 1.18 bits per heavy atom. The standard InChI is InChI=1S/C61H106O12/c1-4-7-10-31-40-53(62)42-33-25-19-13-16-22-28-37-46-58(66)70-51-56(73-60(68)48-39-30-24-17-14-20-26-34-43-54(63)41-32-11-8-5-2)52-71-59(67)47-38-29-23-18-15-21-27-36-45-55(44-35-12-9-6-3)72-61(69)50-49-57(64)65/h25-27,33-34,36,49-50,53-56,62-63H,4-24,28-32,35,37-48,51-52H2,1-3H3,(H,64,65)/b33-25+,34-26+,36-27+,50-49-. The second-order valence-corrected chi connectivity index (χ2v) is 20.1. The van der Waals surface area contributed by atoms with Gasteiger partial charge in [0.25, 0.3) is 0 Å². The lowest BCUT2D eigenvalue weighted by Crippen LogP contribution is -2.30. The Morgan fingerprint density at radius 1 is 0.384 bits per heavy atom. The van der Waals surface area contributed by atoms with Gasteiger partial charge >= 0.3 is 29.8 Å². The fourth-order valence-electron chi connectivity index (χ4n) is 8.39. The molecule has 0 radical (unpaired) electrons. The molecule has 422 valence electrons. The molecule has 4 atom stereocenters. The van der Waals surface area contributed by atoms with Crippen LogP contribution in [-0.4, -0.2) is 82.8 Å². The molecule has 0 aliphatic rings. The predicted molar refractivity (Wildman–Crippen MR) is 295 cm³/mol. The van der Waals surface area contributed by atoms with E-state index in [9.17, 15) is 34.2 Å². The number of unbranched alkanes of at least 4 members (excludes halogenated alkanes) is 24. The molecule has 0 aromatic rings. The number of aliphatic hydroxyl groups is 2. The maximum absolute atomic E-state index is 12.9. The predicted octanol–water partition coefficient (Wildman–Crippen LogP) is 15.2. The van der Waals surface area contributed by atoms with Crippen LogP contribution < -0.4 is 0 Å². The topological polar surface area (TPSA) is 183 Å². The summed E-state index contributed by atoms with van der Waals surface area (Å²) >= 11 is 0. The van der Waals surface area contributed by atoms with Crippen molar-refractivity contribution in [3.8, 4) is 0 Å². The van der Waals surface area contributed by atoms with Crippen molar-refractivity contribution < 1.29 is 58.2 Å². The van der Waals surface area contributed by atoms with Crippen LogP contribution in [0.25, 0.3) is 0 Å². The Kier molecular flexibility index (Phi) is 50.3. The van der Waals surface area contributed by atoms with E-state index >= 15 is 0 Å². The number of hydrogen-bond acceptors (Lipinski definition) is 11. The van der Waals surface area contributed by atoms with Crippen LogP contribution in [0.4, 0.5) is 0 Å². The van der Waals surface area contributed by atoms with Crippen LogP contribution in [0.5, 0.6) is 0 Å². The van der Waals surface area contributed by atoms with Crippen molar-refractivity contribution in [3.05, 3.63) is 48.6 Å². The van der Waals surface area contributed by atoms with Crippen LogP contribution in [0.3, 0.4) is 0 Å². The number of ether oxygens (including phenoxy) is 4. The first-order valence-electron chi connectivity index (χ1n) is 29.4. The van der Waals surface area contributed by atoms with Crippen LogP contribution in [-0.2, 0) is 42.9 Å². The van der Waals surface area contributed by atoms with Crippen molar-refractivity contribution in [2.45, 2.75) is 296 Å². The highest BCUT2D eigenvalue weighted by molar-refractivity contribution is 5.90. The third kappa shape index (κ3) is 51.5. The highest BCUT2D eigenvalue weighted by atomic mass is 16.6. The van der Waals surface area contributed by atoms with Crippen LogP contribution in [0.1, 0.15) is 271 Å². The monoisotopic (exact) mass is 1030 g/mol. The largest absolute Gasteiger partial charge is 0.478 e. The summed E-state index contributed by atoms with van der Waals surface area (Å²) in [7, 11) is 0. The normalized spacial score (nSPS) is 13.5. The number of esters is 4. The van der Waals surface area contributed by atoms with Crippen molar-refractivity contribution in [1.29, 1.82) is 0 Å². The molecule has 0 heterocycles. The van der Waals surface area contributed by atoms with E-state index in [0.717, 1.165) is 173 Å². The summed E-state index contributed by atoms with van der Waals surface area (Å²) in [6.07, 6.45) is 48.5. The van der Waals surface area contributed by atoms with Gasteiger partial charge in [-0.2, -0.15) is 0 Å². The molecule has 0 aliphatic heterocycles. The Hall–Kier alpha value is -3.77. The van der Waals surface area contributed by atoms with Crippen LogP contribution in [0.15, 0.2) is 48.6 Å². The summed E-state index contributed by atoms with van der Waals surface area (Å²) in [4.78, 5) is 61.1. The van der Waals surface area contributed by atoms with Gasteiger partial charge in [0.15, 0.2) is 6.10 Å². The Labute approximate surface area is 444 Å². The number of carboxylic acid groups (broad SMARTS) is 1. The van der Waals surface area contributed by atoms with E-state index in [2.05, 4.69) is 51.2 Å². The SMILES string of the molecule is CCCCCCC(O)C/C=C/CCCCCCCC(=O)OCC(COC(=O)CCCCCCC/C=C/CC(CCCCCC)OC(=O)/C=C\C(=O)O)OC(=O)CCCCCCC/C=C/CC(O)CCCCCC. The first-order valence-corrected chi connectivity index (χ1v) is 29.4. The van der Waals surface area contributed by atoms with Gasteiger partial charge in [0.05, 0.1) is 12.2 Å². The highest BCUT2D eigenvalue weighted by Gasteiger charge is 2.20. The van der Waals surface area contributed by atoms with Gasteiger partial charge < -0.3 is 34.3 Å². The van der Waals surface area contributed by atoms with E-state index in [1.807, 2.05) is 6.08 Å². The van der Waals surface area contributed by atoms with E-state index in [1.54, 1.807) is 0 Å². The first-order chi connectivity index (χ1) is 35.5. The average molecular weight is 1030 g/mol. The number of carboxylic acids is 1. The van der Waals surface area contributed by atoms with Crippen molar-refractivity contribution in [1.82, 2.24) is 0 Å². The molecule has 0 bridgehead atoms. The summed E-state index contributed by atoms with van der Waals surface area (Å²) in [6.45, 7) is 6.19. The van der Waals surface area contributed by atoms with Crippen molar-refractivity contribution >= 4 is 29.8 Å². The van der Waals surface area contributed by atoms with Crippen LogP contribution in [0.2, 0.25) is 0 Å². The van der Waals surface area contributed by atoms with Gasteiger partial charge in [0.2, 0.25) is 0 Å². The molecule has 0 saturated heterocycles. The minimum Gasteiger partial charge on any atom is -0.478 e. The van der Waals surface area contributed by atoms with Gasteiger partial charge in [-0.25, -0.2) is 9.59 Å². The Balaban J connectivity index is 4.71. The highest BCUT2D eigenvalue weighted by Crippen LogP contribution is 2.17. The minimum absolute atomic E-state index is 0.162. The molecular formula is C61H106O12. The van der Waals surface area contributed by atoms with E-state index < -0.39 is 24.0 Å². The molecule has 0 aliphatic carbocycles. The number of aliphatic carboxylic acids is 1. The van der Waals surface area contributed by atoms with Gasteiger partial charge in [-0.05, 0) is 96.3 Å². The van der Waals surface area contributed by atoms with E-state index in [4.69, 9.17) is 24.1 Å². The average Bonchev–Trinajstić information content (AvgIpc) is 3.37. The minimum atomic E-state index is -1.19. The third-order valence-electron chi connectivity index (χ3n) is 12.9. The van der Waals surface area contributed by atoms with Crippen LogP contribution in [0, 0.1) is 0 Å². The molecule has 73 heavy (non-hydrogen) atoms. The van der Waals surface area contributed by atoms with Crippen molar-refractivity contribution in [2.24, 2.45) is 0 Å². The molecule has 0 amide bonds. The van der Waals surface area contributed by atoms with E-state index in [-0.39, 0.29) is 62.7 Å². The zero-order valence-corrected chi connectivity index (χ0v) is 46.4. The number of rotatable bonds is 53. The van der Waals surface area contributed by atoms with Crippen LogP contribution >= 0.6 is 0 Å². The summed E-state index contributed by atoms with van der Waals surface area (Å²) in [6, 6.07) is 0. The van der Waals surface area contributed by atoms with Crippen molar-refractivity contribution in [3.63, 3.8) is 0 Å². The number of carbonyl (C=O) groups is 5. The fraction of sp³-hybridized carbons (Fsp3) is 0.787. The summed E-state index contributed by atoms with van der Waals surface area (Å²) in [5, 5.41) is 29.1. The molecule has 0 aromatic heterocycles. The molecule has 0 aromatic carbocycles. The van der Waals surface area contributed by atoms with Gasteiger partial charge in [0, 0.05) is 37.8 Å². The van der Waals surface area contributed by atoms with Gasteiger partial charge in [-0.3, -0.25) is 14.4 Å². The van der Waals surface area contributed by atoms with Crippen molar-refractivity contribution in [2.75, 3.05) is 13.2 Å². The molecule has 0 fully saturated rings. The quantitative estimate of drug-likeness (QED) is 0.0173. The maximum atomic E-state index is 12.9. The number of carbonyl (C=O) groups excluding carboxylic acids is 4. The lowest BCUT2D eigenvalue weighted by atomic mass is 10.1. The Bertz CT molecular complexity index is 1450.